The molecule has 0 radical (unpaired) electrons. The second-order valence-electron chi connectivity index (χ2n) is 9.10. The Bertz CT molecular complexity index is 1290. The van der Waals surface area contributed by atoms with Gasteiger partial charge in [0.15, 0.2) is 0 Å². The Morgan fingerprint density at radius 3 is 2.56 bits per heavy atom. The van der Waals surface area contributed by atoms with E-state index in [0.29, 0.717) is 17.1 Å². The number of benzene rings is 2. The van der Waals surface area contributed by atoms with Gasteiger partial charge < -0.3 is 9.67 Å². The fourth-order valence-electron chi connectivity index (χ4n) is 5.20. The van der Waals surface area contributed by atoms with Crippen molar-refractivity contribution in [2.75, 3.05) is 0 Å². The molecular weight excluding hydrogens is 426 g/mol. The Labute approximate surface area is 200 Å². The van der Waals surface area contributed by atoms with Gasteiger partial charge in [-0.2, -0.15) is 0 Å². The highest BCUT2D eigenvalue weighted by atomic mass is 16.4. The number of likely N-dealkylation sites (tertiary alicyclic amines) is 1. The SMILES string of the molecule is CCC(C#Cc1ccccc1)N1[C@H](C[C@H](C)n2c(=O)c(C(=O)O)nc3ccccc32)CC[C@@H]1C. The third-order valence-corrected chi connectivity index (χ3v) is 6.80. The van der Waals surface area contributed by atoms with Crippen LogP contribution in [0.1, 0.15) is 68.5 Å². The largest absolute Gasteiger partial charge is 0.476 e. The number of carboxylic acid groups (broad SMARTS) is 1. The average molecular weight is 458 g/mol. The van der Waals surface area contributed by atoms with Crippen LogP contribution in [0.5, 0.6) is 0 Å². The van der Waals surface area contributed by atoms with E-state index in [4.69, 9.17) is 0 Å². The second kappa shape index (κ2) is 10.2. The maximum Gasteiger partial charge on any atom is 0.360 e. The lowest BCUT2D eigenvalue weighted by Crippen LogP contribution is -2.43. The van der Waals surface area contributed by atoms with Gasteiger partial charge >= 0.3 is 5.97 Å². The minimum Gasteiger partial charge on any atom is -0.476 e. The zero-order valence-electron chi connectivity index (χ0n) is 19.9. The highest BCUT2D eigenvalue weighted by molar-refractivity contribution is 5.88. The summed E-state index contributed by atoms with van der Waals surface area (Å²) in [7, 11) is 0. The first-order valence-corrected chi connectivity index (χ1v) is 12.0. The van der Waals surface area contributed by atoms with Gasteiger partial charge in [0.1, 0.15) is 0 Å². The molecule has 3 aromatic rings. The van der Waals surface area contributed by atoms with E-state index < -0.39 is 17.2 Å². The van der Waals surface area contributed by atoms with Crippen molar-refractivity contribution in [3.63, 3.8) is 0 Å². The molecule has 0 aliphatic carbocycles. The van der Waals surface area contributed by atoms with E-state index in [1.54, 1.807) is 16.7 Å². The van der Waals surface area contributed by atoms with Crippen molar-refractivity contribution in [1.82, 2.24) is 14.5 Å². The minimum atomic E-state index is -1.30. The van der Waals surface area contributed by atoms with Gasteiger partial charge in [-0.15, -0.1) is 0 Å². The Morgan fingerprint density at radius 1 is 1.15 bits per heavy atom. The third kappa shape index (κ3) is 4.76. The molecule has 6 heteroatoms. The maximum atomic E-state index is 13.1. The monoisotopic (exact) mass is 457 g/mol. The first-order chi connectivity index (χ1) is 16.4. The molecule has 0 amide bonds. The summed E-state index contributed by atoms with van der Waals surface area (Å²) in [6.07, 6.45) is 3.75. The molecule has 4 rings (SSSR count). The van der Waals surface area contributed by atoms with Crippen LogP contribution in [0.2, 0.25) is 0 Å². The molecule has 1 N–H and O–H groups in total. The van der Waals surface area contributed by atoms with Gasteiger partial charge in [0, 0.05) is 23.7 Å². The number of aromatic nitrogens is 2. The lowest BCUT2D eigenvalue weighted by molar-refractivity contribution is 0.0687. The second-order valence-corrected chi connectivity index (χ2v) is 9.10. The topological polar surface area (TPSA) is 75.4 Å². The average Bonchev–Trinajstić information content (AvgIpc) is 3.19. The Hall–Kier alpha value is -3.43. The van der Waals surface area contributed by atoms with E-state index in [0.717, 1.165) is 31.2 Å². The lowest BCUT2D eigenvalue weighted by Gasteiger charge is -2.34. The molecule has 2 heterocycles. The summed E-state index contributed by atoms with van der Waals surface area (Å²) in [6.45, 7) is 6.40. The molecule has 6 nitrogen and oxygen atoms in total. The highest BCUT2D eigenvalue weighted by Gasteiger charge is 2.36. The molecule has 0 saturated carbocycles. The van der Waals surface area contributed by atoms with E-state index in [2.05, 4.69) is 35.6 Å². The standard InChI is InChI=1S/C28H31N3O3/c1-4-22(17-15-21-10-6-5-7-11-21)30-19(2)14-16-23(30)18-20(3)31-25-13-9-8-12-24(25)29-26(27(31)32)28(33)34/h5-13,19-20,22-23H,4,14,16,18H2,1-3H3,(H,33,34)/t19-,20-,22?,23-/m0/s1. The fourth-order valence-corrected chi connectivity index (χ4v) is 5.20. The Kier molecular flexibility index (Phi) is 7.14. The number of carboxylic acids is 1. The Balaban J connectivity index is 1.65. The van der Waals surface area contributed by atoms with Crippen LogP contribution in [0.15, 0.2) is 59.4 Å². The van der Waals surface area contributed by atoms with Gasteiger partial charge in [-0.1, -0.05) is 49.1 Å². The summed E-state index contributed by atoms with van der Waals surface area (Å²) in [5, 5.41) is 9.55. The van der Waals surface area contributed by atoms with Crippen LogP contribution in [0.3, 0.4) is 0 Å². The fraction of sp³-hybridized carbons (Fsp3) is 0.393. The third-order valence-electron chi connectivity index (χ3n) is 6.80. The van der Waals surface area contributed by atoms with Crippen molar-refractivity contribution in [2.45, 2.75) is 70.6 Å². The maximum absolute atomic E-state index is 13.1. The summed E-state index contributed by atoms with van der Waals surface area (Å²) in [4.78, 5) is 31.4. The van der Waals surface area contributed by atoms with Crippen molar-refractivity contribution in [3.05, 3.63) is 76.2 Å². The number of hydrogen-bond donors (Lipinski definition) is 1. The van der Waals surface area contributed by atoms with E-state index in [-0.39, 0.29) is 18.1 Å². The number of hydrogen-bond acceptors (Lipinski definition) is 4. The summed E-state index contributed by atoms with van der Waals surface area (Å²) < 4.78 is 1.61. The normalized spacial score (nSPS) is 20.0. The molecule has 0 bridgehead atoms. The van der Waals surface area contributed by atoms with Crippen LogP contribution in [-0.2, 0) is 0 Å². The molecule has 34 heavy (non-hydrogen) atoms. The zero-order valence-corrected chi connectivity index (χ0v) is 19.9. The van der Waals surface area contributed by atoms with Gasteiger partial charge in [-0.25, -0.2) is 9.78 Å². The molecule has 1 aliphatic rings. The number of para-hydroxylation sites is 2. The molecule has 1 saturated heterocycles. The number of rotatable bonds is 6. The first kappa shape index (κ1) is 23.7. The van der Waals surface area contributed by atoms with E-state index in [9.17, 15) is 14.7 Å². The van der Waals surface area contributed by atoms with Crippen LogP contribution < -0.4 is 5.56 Å². The number of aromatic carboxylic acids is 1. The highest BCUT2D eigenvalue weighted by Crippen LogP contribution is 2.33. The van der Waals surface area contributed by atoms with Crippen molar-refractivity contribution in [3.8, 4) is 11.8 Å². The Morgan fingerprint density at radius 2 is 1.85 bits per heavy atom. The van der Waals surface area contributed by atoms with Gasteiger partial charge in [0.2, 0.25) is 5.69 Å². The van der Waals surface area contributed by atoms with Crippen LogP contribution in [0, 0.1) is 11.8 Å². The van der Waals surface area contributed by atoms with Crippen molar-refractivity contribution >= 4 is 17.0 Å². The summed E-state index contributed by atoms with van der Waals surface area (Å²) in [6, 6.07) is 17.9. The molecule has 4 atom stereocenters. The number of nitrogens with zero attached hydrogens (tertiary/aromatic N) is 3. The quantitative estimate of drug-likeness (QED) is 0.542. The molecule has 1 aromatic heterocycles. The van der Waals surface area contributed by atoms with Gasteiger partial charge in [-0.3, -0.25) is 9.69 Å². The van der Waals surface area contributed by atoms with Crippen molar-refractivity contribution in [2.24, 2.45) is 0 Å². The lowest BCUT2D eigenvalue weighted by atomic mass is 10.0. The predicted octanol–water partition coefficient (Wildman–Crippen LogP) is 4.73. The smallest absolute Gasteiger partial charge is 0.360 e. The van der Waals surface area contributed by atoms with Gasteiger partial charge in [-0.05, 0) is 63.8 Å². The van der Waals surface area contributed by atoms with Crippen LogP contribution in [-0.4, -0.2) is 43.7 Å². The van der Waals surface area contributed by atoms with Crippen LogP contribution >= 0.6 is 0 Å². The molecule has 2 aromatic carbocycles. The molecule has 1 aliphatic heterocycles. The van der Waals surface area contributed by atoms with Crippen molar-refractivity contribution < 1.29 is 9.90 Å². The molecular formula is C28H31N3O3. The molecule has 1 unspecified atom stereocenters. The first-order valence-electron chi connectivity index (χ1n) is 12.0. The van der Waals surface area contributed by atoms with Gasteiger partial charge in [0.25, 0.3) is 5.56 Å². The number of fused-ring (bicyclic) bond motifs is 1. The van der Waals surface area contributed by atoms with Gasteiger partial charge in [0.05, 0.1) is 17.1 Å². The molecule has 1 fully saturated rings. The zero-order chi connectivity index (χ0) is 24.2. The van der Waals surface area contributed by atoms with Crippen molar-refractivity contribution in [1.29, 1.82) is 0 Å². The molecule has 176 valence electrons. The molecule has 0 spiro atoms. The summed E-state index contributed by atoms with van der Waals surface area (Å²) in [5.41, 5.74) is 1.21. The predicted molar refractivity (Wildman–Crippen MR) is 134 cm³/mol. The minimum absolute atomic E-state index is 0.121. The van der Waals surface area contributed by atoms with Crippen LogP contribution in [0.4, 0.5) is 0 Å². The summed E-state index contributed by atoms with van der Waals surface area (Å²) in [5.74, 6) is 5.52. The summed E-state index contributed by atoms with van der Waals surface area (Å²) >= 11 is 0. The van der Waals surface area contributed by atoms with E-state index >= 15 is 0 Å². The number of carbonyl (C=O) groups is 1. The van der Waals surface area contributed by atoms with E-state index in [1.165, 1.54) is 0 Å². The van der Waals surface area contributed by atoms with Crippen LogP contribution in [0.25, 0.3) is 11.0 Å². The van der Waals surface area contributed by atoms with E-state index in [1.807, 2.05) is 49.4 Å².